The largest absolute Gasteiger partial charge is 0.508 e. The molecule has 1 saturated heterocycles. The Bertz CT molecular complexity index is 1650. The van der Waals surface area contributed by atoms with Gasteiger partial charge in [0, 0.05) is 11.6 Å². The number of aromatic hydroxyl groups is 1. The number of hydrogen-bond acceptors (Lipinski definition) is 12. The van der Waals surface area contributed by atoms with Gasteiger partial charge in [0.25, 0.3) is 0 Å². The molecule has 0 amide bonds. The van der Waals surface area contributed by atoms with E-state index >= 15 is 0 Å². The van der Waals surface area contributed by atoms with E-state index in [0.29, 0.717) is 17.1 Å². The highest BCUT2D eigenvalue weighted by atomic mass is 16.7. The summed E-state index contributed by atoms with van der Waals surface area (Å²) in [4.78, 5) is 25.8. The number of aliphatic hydroxyl groups is 2. The number of hydrogen-bond donors (Lipinski definition) is 3. The predicted molar refractivity (Wildman–Crippen MR) is 166 cm³/mol. The Kier molecular flexibility index (Phi) is 10.8. The first-order chi connectivity index (χ1) is 22.8. The van der Waals surface area contributed by atoms with Gasteiger partial charge in [-0.05, 0) is 54.6 Å². The van der Waals surface area contributed by atoms with Crippen molar-refractivity contribution in [2.24, 2.45) is 0 Å². The van der Waals surface area contributed by atoms with Gasteiger partial charge in [-0.1, -0.05) is 36.4 Å². The molecule has 5 rings (SSSR count). The lowest BCUT2D eigenvalue weighted by Crippen LogP contribution is -2.63. The predicted octanol–water partition coefficient (Wildman–Crippen LogP) is 3.90. The van der Waals surface area contributed by atoms with E-state index in [1.165, 1.54) is 38.5 Å². The van der Waals surface area contributed by atoms with Gasteiger partial charge in [-0.15, -0.1) is 0 Å². The van der Waals surface area contributed by atoms with E-state index in [2.05, 4.69) is 0 Å². The third kappa shape index (κ3) is 7.93. The van der Waals surface area contributed by atoms with Crippen molar-refractivity contribution in [2.75, 3.05) is 20.8 Å². The quantitative estimate of drug-likeness (QED) is 0.191. The van der Waals surface area contributed by atoms with Gasteiger partial charge in [0.15, 0.2) is 29.8 Å². The summed E-state index contributed by atoms with van der Waals surface area (Å²) in [6, 6.07) is 25.3. The average Bonchev–Trinajstić information content (AvgIpc) is 3.11. The van der Waals surface area contributed by atoms with Crippen molar-refractivity contribution in [3.63, 3.8) is 0 Å². The summed E-state index contributed by atoms with van der Waals surface area (Å²) in [6.07, 6.45) is -6.94. The van der Waals surface area contributed by atoms with Crippen molar-refractivity contribution >= 4 is 11.9 Å². The molecule has 1 fully saturated rings. The zero-order chi connectivity index (χ0) is 33.3. The summed E-state index contributed by atoms with van der Waals surface area (Å²) in [5.41, 5.74) is 0.804. The van der Waals surface area contributed by atoms with Crippen molar-refractivity contribution in [3.05, 3.63) is 114 Å². The Morgan fingerprint density at radius 2 is 1.38 bits per heavy atom. The lowest BCUT2D eigenvalue weighted by atomic mass is 9.98. The Morgan fingerprint density at radius 1 is 0.745 bits per heavy atom. The maximum atomic E-state index is 13.2. The highest BCUT2D eigenvalue weighted by Crippen LogP contribution is 2.35. The first-order valence-corrected chi connectivity index (χ1v) is 14.6. The summed E-state index contributed by atoms with van der Waals surface area (Å²) < 4.78 is 40.1. The standard InChI is InChI=1S/C35H34O12/c1-41-27-16-14-25(18-28(27)42-2)44-31-29(19-36)46-35(30(38)32(31)47-34(40)22-11-7-4-8-12-22)45-26-15-13-24(37)17-23(26)20-43-33(39)21-9-5-3-6-10-21/h3-18,29-32,35-38H,19-20H2,1-2H3/t29-,30-,31-,32-,35-/m1/s1. The number of rotatable bonds is 12. The minimum Gasteiger partial charge on any atom is -0.508 e. The van der Waals surface area contributed by atoms with Crippen LogP contribution < -0.4 is 18.9 Å². The molecule has 1 aliphatic rings. The molecule has 0 aliphatic carbocycles. The Balaban J connectivity index is 1.41. The third-order valence-electron chi connectivity index (χ3n) is 7.33. The van der Waals surface area contributed by atoms with E-state index in [1.54, 1.807) is 72.8 Å². The van der Waals surface area contributed by atoms with Crippen LogP contribution in [0.4, 0.5) is 0 Å². The van der Waals surface area contributed by atoms with Crippen LogP contribution in [0.3, 0.4) is 0 Å². The Morgan fingerprint density at radius 3 is 2.02 bits per heavy atom. The van der Waals surface area contributed by atoms with Gasteiger partial charge in [-0.25, -0.2) is 9.59 Å². The first kappa shape index (κ1) is 33.1. The zero-order valence-electron chi connectivity index (χ0n) is 25.6. The van der Waals surface area contributed by atoms with E-state index in [9.17, 15) is 24.9 Å². The highest BCUT2D eigenvalue weighted by molar-refractivity contribution is 5.89. The molecule has 0 aromatic heterocycles. The fraction of sp³-hybridized carbons (Fsp3) is 0.257. The van der Waals surface area contributed by atoms with Crippen LogP contribution in [0.25, 0.3) is 0 Å². The van der Waals surface area contributed by atoms with Crippen molar-refractivity contribution in [1.82, 2.24) is 0 Å². The summed E-state index contributed by atoms with van der Waals surface area (Å²) >= 11 is 0. The van der Waals surface area contributed by atoms with Gasteiger partial charge in [0.2, 0.25) is 6.29 Å². The number of benzene rings is 4. The van der Waals surface area contributed by atoms with E-state index in [-0.39, 0.29) is 35.0 Å². The van der Waals surface area contributed by atoms with Crippen molar-refractivity contribution in [2.45, 2.75) is 37.3 Å². The van der Waals surface area contributed by atoms with Crippen LogP contribution in [0.2, 0.25) is 0 Å². The van der Waals surface area contributed by atoms with E-state index < -0.39 is 49.3 Å². The second-order valence-electron chi connectivity index (χ2n) is 10.4. The van der Waals surface area contributed by atoms with Gasteiger partial charge in [0.05, 0.1) is 32.0 Å². The first-order valence-electron chi connectivity index (χ1n) is 14.6. The molecule has 12 heteroatoms. The van der Waals surface area contributed by atoms with Crippen LogP contribution >= 0.6 is 0 Å². The number of phenols is 1. The maximum absolute atomic E-state index is 13.2. The fourth-order valence-electron chi connectivity index (χ4n) is 4.95. The summed E-state index contributed by atoms with van der Waals surface area (Å²) in [7, 11) is 2.94. The molecule has 3 N–H and O–H groups in total. The van der Waals surface area contributed by atoms with Crippen molar-refractivity contribution < 1.29 is 58.1 Å². The lowest BCUT2D eigenvalue weighted by Gasteiger charge is -2.43. The SMILES string of the molecule is COc1ccc(O[C@H]2[C@H](OC(=O)c3ccccc3)[C@@H](O)[C@H](Oc3ccc(O)cc3COC(=O)c3ccccc3)O[C@@H]2CO)cc1OC. The Labute approximate surface area is 270 Å². The number of methoxy groups -OCH3 is 2. The summed E-state index contributed by atoms with van der Waals surface area (Å²) in [5.74, 6) is -0.337. The number of carbonyl (C=O) groups excluding carboxylic acids is 2. The van der Waals surface area contributed by atoms with E-state index in [4.69, 9.17) is 33.2 Å². The third-order valence-corrected chi connectivity index (χ3v) is 7.33. The molecule has 4 aromatic carbocycles. The molecule has 0 radical (unpaired) electrons. The highest BCUT2D eigenvalue weighted by Gasteiger charge is 2.50. The van der Waals surface area contributed by atoms with Gasteiger partial charge in [-0.3, -0.25) is 0 Å². The number of esters is 2. The molecule has 4 aromatic rings. The van der Waals surface area contributed by atoms with Crippen LogP contribution in [0.5, 0.6) is 28.7 Å². The van der Waals surface area contributed by atoms with Crippen LogP contribution in [0.15, 0.2) is 97.1 Å². The van der Waals surface area contributed by atoms with Crippen LogP contribution in [-0.2, 0) is 20.8 Å². The van der Waals surface area contributed by atoms with Crippen molar-refractivity contribution in [1.29, 1.82) is 0 Å². The van der Waals surface area contributed by atoms with Crippen LogP contribution in [0, 0.1) is 0 Å². The molecule has 47 heavy (non-hydrogen) atoms. The van der Waals surface area contributed by atoms with Gasteiger partial charge in [0.1, 0.15) is 30.0 Å². The monoisotopic (exact) mass is 646 g/mol. The molecular weight excluding hydrogens is 612 g/mol. The molecule has 0 spiro atoms. The van der Waals surface area contributed by atoms with Gasteiger partial charge < -0.3 is 48.5 Å². The van der Waals surface area contributed by atoms with Gasteiger partial charge in [-0.2, -0.15) is 0 Å². The molecule has 246 valence electrons. The number of ether oxygens (including phenoxy) is 7. The minimum absolute atomic E-state index is 0.0943. The summed E-state index contributed by atoms with van der Waals surface area (Å²) in [5, 5.41) is 32.1. The molecule has 5 atom stereocenters. The number of aliphatic hydroxyl groups excluding tert-OH is 2. The average molecular weight is 647 g/mol. The topological polar surface area (TPSA) is 159 Å². The number of carbonyl (C=O) groups is 2. The molecule has 0 bridgehead atoms. The normalized spacial score (nSPS) is 20.5. The Hall–Kier alpha value is -5.30. The number of phenolic OH excluding ortho intramolecular Hbond substituents is 1. The second kappa shape index (κ2) is 15.3. The van der Waals surface area contributed by atoms with Crippen LogP contribution in [0.1, 0.15) is 26.3 Å². The van der Waals surface area contributed by atoms with Crippen LogP contribution in [-0.4, -0.2) is 78.8 Å². The molecule has 1 aliphatic heterocycles. The van der Waals surface area contributed by atoms with E-state index in [0.717, 1.165) is 0 Å². The summed E-state index contributed by atoms with van der Waals surface area (Å²) in [6.45, 7) is -0.901. The minimum atomic E-state index is -1.65. The maximum Gasteiger partial charge on any atom is 0.338 e. The second-order valence-corrected chi connectivity index (χ2v) is 10.4. The molecular formula is C35H34O12. The fourth-order valence-corrected chi connectivity index (χ4v) is 4.95. The smallest absolute Gasteiger partial charge is 0.338 e. The molecule has 0 unspecified atom stereocenters. The van der Waals surface area contributed by atoms with Gasteiger partial charge >= 0.3 is 11.9 Å². The molecule has 1 heterocycles. The van der Waals surface area contributed by atoms with E-state index in [1.807, 2.05) is 0 Å². The molecule has 12 nitrogen and oxygen atoms in total. The molecule has 0 saturated carbocycles. The van der Waals surface area contributed by atoms with Crippen molar-refractivity contribution in [3.8, 4) is 28.7 Å². The zero-order valence-corrected chi connectivity index (χ0v) is 25.6. The lowest BCUT2D eigenvalue weighted by molar-refractivity contribution is -0.272.